The quantitative estimate of drug-likeness (QED) is 0.888. The van der Waals surface area contributed by atoms with Gasteiger partial charge in [-0.1, -0.05) is 30.3 Å². The Balaban J connectivity index is 2.15. The van der Waals surface area contributed by atoms with Gasteiger partial charge in [-0.05, 0) is 42.7 Å². The molecule has 2 rings (SSSR count). The second-order valence-electron chi connectivity index (χ2n) is 5.24. The van der Waals surface area contributed by atoms with Crippen LogP contribution in [0.25, 0.3) is 0 Å². The van der Waals surface area contributed by atoms with E-state index < -0.39 is 16.1 Å². The molecule has 1 unspecified atom stereocenters. The third kappa shape index (κ3) is 3.71. The number of hydrogen-bond donors (Lipinski definition) is 2. The SMILES string of the molecule is Cc1cc(S(=O)(=O)NCC(N)c2ccccc2)cc(C)c1F. The number of rotatable bonds is 5. The van der Waals surface area contributed by atoms with Crippen molar-refractivity contribution in [2.24, 2.45) is 5.73 Å². The van der Waals surface area contributed by atoms with Crippen LogP contribution in [-0.4, -0.2) is 15.0 Å². The van der Waals surface area contributed by atoms with Gasteiger partial charge in [-0.3, -0.25) is 0 Å². The van der Waals surface area contributed by atoms with Gasteiger partial charge in [0.2, 0.25) is 10.0 Å². The maximum atomic E-state index is 13.6. The van der Waals surface area contributed by atoms with Gasteiger partial charge in [-0.2, -0.15) is 0 Å². The van der Waals surface area contributed by atoms with Crippen molar-refractivity contribution < 1.29 is 12.8 Å². The fourth-order valence-electron chi connectivity index (χ4n) is 2.16. The van der Waals surface area contributed by atoms with Gasteiger partial charge in [-0.15, -0.1) is 0 Å². The summed E-state index contributed by atoms with van der Waals surface area (Å²) in [6.07, 6.45) is 0. The number of halogens is 1. The largest absolute Gasteiger partial charge is 0.323 e. The van der Waals surface area contributed by atoms with E-state index in [1.54, 1.807) is 0 Å². The molecule has 0 aromatic heterocycles. The zero-order valence-electron chi connectivity index (χ0n) is 12.5. The second kappa shape index (κ2) is 6.56. The van der Waals surface area contributed by atoms with Crippen molar-refractivity contribution in [3.05, 3.63) is 65.0 Å². The summed E-state index contributed by atoms with van der Waals surface area (Å²) < 4.78 is 40.7. The predicted octanol–water partition coefficient (Wildman–Crippen LogP) is 2.42. The van der Waals surface area contributed by atoms with Crippen molar-refractivity contribution in [1.82, 2.24) is 4.72 Å². The number of benzene rings is 2. The van der Waals surface area contributed by atoms with E-state index in [1.807, 2.05) is 30.3 Å². The first-order valence-corrected chi connectivity index (χ1v) is 8.36. The van der Waals surface area contributed by atoms with Crippen LogP contribution in [-0.2, 0) is 10.0 Å². The monoisotopic (exact) mass is 322 g/mol. The average Bonchev–Trinajstić information content (AvgIpc) is 2.50. The van der Waals surface area contributed by atoms with Crippen molar-refractivity contribution in [2.45, 2.75) is 24.8 Å². The van der Waals surface area contributed by atoms with E-state index in [0.717, 1.165) is 5.56 Å². The van der Waals surface area contributed by atoms with Crippen LogP contribution in [0, 0.1) is 19.7 Å². The molecule has 0 fully saturated rings. The Kier molecular flexibility index (Phi) is 4.95. The molecule has 118 valence electrons. The van der Waals surface area contributed by atoms with Crippen LogP contribution < -0.4 is 10.5 Å². The minimum atomic E-state index is -3.72. The van der Waals surface area contributed by atoms with Crippen LogP contribution in [0.15, 0.2) is 47.4 Å². The van der Waals surface area contributed by atoms with Crippen LogP contribution in [0.4, 0.5) is 4.39 Å². The first-order chi connectivity index (χ1) is 10.3. The lowest BCUT2D eigenvalue weighted by Gasteiger charge is -2.14. The molecule has 0 bridgehead atoms. The maximum Gasteiger partial charge on any atom is 0.240 e. The zero-order chi connectivity index (χ0) is 16.3. The Hall–Kier alpha value is -1.76. The Morgan fingerprint density at radius 1 is 1.14 bits per heavy atom. The molecule has 3 N–H and O–H groups in total. The smallest absolute Gasteiger partial charge is 0.240 e. The molecule has 22 heavy (non-hydrogen) atoms. The Labute approximate surface area is 130 Å². The topological polar surface area (TPSA) is 72.2 Å². The Bertz CT molecular complexity index is 738. The molecule has 1 atom stereocenters. The Morgan fingerprint density at radius 3 is 2.23 bits per heavy atom. The third-order valence-electron chi connectivity index (χ3n) is 3.44. The number of nitrogens with two attached hydrogens (primary N) is 1. The third-order valence-corrected chi connectivity index (χ3v) is 4.84. The van der Waals surface area contributed by atoms with E-state index >= 15 is 0 Å². The molecule has 0 heterocycles. The highest BCUT2D eigenvalue weighted by Gasteiger charge is 2.18. The van der Waals surface area contributed by atoms with Gasteiger partial charge in [-0.25, -0.2) is 17.5 Å². The standard InChI is InChI=1S/C16H19FN2O2S/c1-11-8-14(9-12(2)16(11)17)22(20,21)19-10-15(18)13-6-4-3-5-7-13/h3-9,15,19H,10,18H2,1-2H3. The molecule has 0 saturated heterocycles. The fourth-order valence-corrected chi connectivity index (χ4v) is 3.39. The molecule has 0 spiro atoms. The molecule has 4 nitrogen and oxygen atoms in total. The molecule has 0 amide bonds. The summed E-state index contributed by atoms with van der Waals surface area (Å²) >= 11 is 0. The molecule has 0 saturated carbocycles. The van der Waals surface area contributed by atoms with Crippen LogP contribution in [0.5, 0.6) is 0 Å². The van der Waals surface area contributed by atoms with E-state index in [2.05, 4.69) is 4.72 Å². The molecule has 0 aliphatic rings. The highest BCUT2D eigenvalue weighted by atomic mass is 32.2. The summed E-state index contributed by atoms with van der Waals surface area (Å²) in [4.78, 5) is 0.0455. The van der Waals surface area contributed by atoms with Gasteiger partial charge < -0.3 is 5.73 Å². The summed E-state index contributed by atoms with van der Waals surface area (Å²) in [5, 5.41) is 0. The van der Waals surface area contributed by atoms with Gasteiger partial charge in [0.15, 0.2) is 0 Å². The first kappa shape index (κ1) is 16.6. The molecule has 0 aliphatic carbocycles. The number of hydrogen-bond acceptors (Lipinski definition) is 3. The molecule has 2 aromatic rings. The minimum Gasteiger partial charge on any atom is -0.323 e. The first-order valence-electron chi connectivity index (χ1n) is 6.88. The average molecular weight is 322 g/mol. The summed E-state index contributed by atoms with van der Waals surface area (Å²) in [6.45, 7) is 3.15. The van der Waals surface area contributed by atoms with E-state index in [9.17, 15) is 12.8 Å². The molecule has 0 aliphatic heterocycles. The van der Waals surface area contributed by atoms with Crippen molar-refractivity contribution in [1.29, 1.82) is 0 Å². The van der Waals surface area contributed by atoms with Crippen LogP contribution in [0.3, 0.4) is 0 Å². The summed E-state index contributed by atoms with van der Waals surface area (Å²) in [6, 6.07) is 11.4. The van der Waals surface area contributed by atoms with E-state index in [1.165, 1.54) is 26.0 Å². The normalized spacial score (nSPS) is 13.1. The number of sulfonamides is 1. The molecular weight excluding hydrogens is 303 g/mol. The fraction of sp³-hybridized carbons (Fsp3) is 0.250. The second-order valence-corrected chi connectivity index (χ2v) is 7.01. The summed E-state index contributed by atoms with van der Waals surface area (Å²) in [7, 11) is -3.72. The van der Waals surface area contributed by atoms with Crippen LogP contribution in [0.1, 0.15) is 22.7 Å². The van der Waals surface area contributed by atoms with E-state index in [0.29, 0.717) is 11.1 Å². The van der Waals surface area contributed by atoms with Gasteiger partial charge in [0, 0.05) is 12.6 Å². The minimum absolute atomic E-state index is 0.0455. The van der Waals surface area contributed by atoms with Crippen LogP contribution in [0.2, 0.25) is 0 Å². The lowest BCUT2D eigenvalue weighted by atomic mass is 10.1. The molecule has 6 heteroatoms. The van der Waals surface area contributed by atoms with Gasteiger partial charge in [0.05, 0.1) is 4.90 Å². The zero-order valence-corrected chi connectivity index (χ0v) is 13.3. The predicted molar refractivity (Wildman–Crippen MR) is 84.4 cm³/mol. The van der Waals surface area contributed by atoms with Crippen molar-refractivity contribution in [3.8, 4) is 0 Å². The van der Waals surface area contributed by atoms with Gasteiger partial charge >= 0.3 is 0 Å². The maximum absolute atomic E-state index is 13.6. The molecule has 0 radical (unpaired) electrons. The lowest BCUT2D eigenvalue weighted by Crippen LogP contribution is -2.32. The van der Waals surface area contributed by atoms with Crippen molar-refractivity contribution in [2.75, 3.05) is 6.54 Å². The van der Waals surface area contributed by atoms with Crippen molar-refractivity contribution >= 4 is 10.0 Å². The summed E-state index contributed by atoms with van der Waals surface area (Å²) in [5.41, 5.74) is 7.42. The Morgan fingerprint density at radius 2 is 1.68 bits per heavy atom. The van der Waals surface area contributed by atoms with E-state index in [-0.39, 0.29) is 17.3 Å². The number of nitrogens with one attached hydrogen (secondary N) is 1. The lowest BCUT2D eigenvalue weighted by molar-refractivity contribution is 0.570. The van der Waals surface area contributed by atoms with Gasteiger partial charge in [0.25, 0.3) is 0 Å². The van der Waals surface area contributed by atoms with Crippen molar-refractivity contribution in [3.63, 3.8) is 0 Å². The van der Waals surface area contributed by atoms with Crippen LogP contribution >= 0.6 is 0 Å². The van der Waals surface area contributed by atoms with Gasteiger partial charge in [0.1, 0.15) is 5.82 Å². The number of aryl methyl sites for hydroxylation is 2. The highest BCUT2D eigenvalue weighted by Crippen LogP contribution is 2.19. The molecule has 2 aromatic carbocycles. The van der Waals surface area contributed by atoms with E-state index in [4.69, 9.17) is 5.73 Å². The molecular formula is C16H19FN2O2S. The highest BCUT2D eigenvalue weighted by molar-refractivity contribution is 7.89. The summed E-state index contributed by atoms with van der Waals surface area (Å²) in [5.74, 6) is -0.389.